The van der Waals surface area contributed by atoms with Gasteiger partial charge in [0, 0.05) is 18.1 Å². The Morgan fingerprint density at radius 1 is 1.55 bits per heavy atom. The highest BCUT2D eigenvalue weighted by Crippen LogP contribution is 2.57. The number of carbonyl (C=O) groups is 2. The van der Waals surface area contributed by atoms with Crippen LogP contribution in [0.2, 0.25) is 0 Å². The van der Waals surface area contributed by atoms with Gasteiger partial charge in [0.05, 0.1) is 17.7 Å². The summed E-state index contributed by atoms with van der Waals surface area (Å²) in [6.07, 6.45) is 4.78. The van der Waals surface area contributed by atoms with Gasteiger partial charge in [0.1, 0.15) is 6.54 Å². The van der Waals surface area contributed by atoms with E-state index in [9.17, 15) is 9.59 Å². The van der Waals surface area contributed by atoms with Gasteiger partial charge in [-0.15, -0.1) is 11.8 Å². The van der Waals surface area contributed by atoms with Crippen LogP contribution in [0, 0.1) is 5.41 Å². The van der Waals surface area contributed by atoms with Crippen LogP contribution in [-0.4, -0.2) is 53.6 Å². The van der Waals surface area contributed by atoms with Crippen molar-refractivity contribution in [3.63, 3.8) is 0 Å². The Morgan fingerprint density at radius 3 is 2.90 bits per heavy atom. The van der Waals surface area contributed by atoms with Crippen LogP contribution in [0.4, 0.5) is 0 Å². The molecule has 2 saturated carbocycles. The lowest BCUT2D eigenvalue weighted by Crippen LogP contribution is -2.68. The quantitative estimate of drug-likeness (QED) is 0.822. The van der Waals surface area contributed by atoms with E-state index in [2.05, 4.69) is 5.32 Å². The van der Waals surface area contributed by atoms with Crippen LogP contribution in [0.5, 0.6) is 0 Å². The molecule has 3 aliphatic rings. The Morgan fingerprint density at radius 2 is 2.35 bits per heavy atom. The summed E-state index contributed by atoms with van der Waals surface area (Å²) in [5.74, 6) is 1.20. The van der Waals surface area contributed by atoms with Crippen molar-refractivity contribution in [2.45, 2.75) is 44.8 Å². The summed E-state index contributed by atoms with van der Waals surface area (Å²) in [5, 5.41) is 3.12. The van der Waals surface area contributed by atoms with Crippen molar-refractivity contribution in [1.29, 1.82) is 0 Å². The van der Waals surface area contributed by atoms with Gasteiger partial charge in [0.15, 0.2) is 0 Å². The fraction of sp³-hybridized carbons (Fsp3) is 0.857. The number of hydrogen-bond donors (Lipinski definition) is 1. The third-order valence-corrected chi connectivity index (χ3v) is 5.88. The summed E-state index contributed by atoms with van der Waals surface area (Å²) in [6, 6.07) is 0.241. The molecule has 1 N–H and O–H groups in total. The molecule has 112 valence electrons. The molecule has 0 aromatic carbocycles. The molecule has 6 heteroatoms. The van der Waals surface area contributed by atoms with Crippen molar-refractivity contribution in [2.75, 3.05) is 24.8 Å². The minimum atomic E-state index is -0.0212. The molecule has 1 heterocycles. The minimum Gasteiger partial charge on any atom is -0.378 e. The summed E-state index contributed by atoms with van der Waals surface area (Å²) >= 11 is 1.57. The number of rotatable bonds is 5. The van der Waals surface area contributed by atoms with Crippen LogP contribution in [-0.2, 0) is 14.3 Å². The maximum atomic E-state index is 12.1. The van der Waals surface area contributed by atoms with Gasteiger partial charge in [-0.2, -0.15) is 0 Å². The second-order valence-corrected chi connectivity index (χ2v) is 6.91. The van der Waals surface area contributed by atoms with E-state index in [0.717, 1.165) is 25.9 Å². The van der Waals surface area contributed by atoms with E-state index in [0.29, 0.717) is 17.7 Å². The highest BCUT2D eigenvalue weighted by Gasteiger charge is 2.59. The molecule has 3 fully saturated rings. The predicted molar refractivity (Wildman–Crippen MR) is 77.3 cm³/mol. The Hall–Kier alpha value is -0.750. The summed E-state index contributed by atoms with van der Waals surface area (Å²) in [6.45, 7) is 2.97. The van der Waals surface area contributed by atoms with E-state index in [1.54, 1.807) is 16.7 Å². The van der Waals surface area contributed by atoms with Crippen molar-refractivity contribution in [3.8, 4) is 0 Å². The number of amides is 2. The number of nitrogens with one attached hydrogen (secondary N) is 1. The van der Waals surface area contributed by atoms with Crippen LogP contribution in [0.1, 0.15) is 32.6 Å². The molecule has 20 heavy (non-hydrogen) atoms. The van der Waals surface area contributed by atoms with E-state index in [1.165, 1.54) is 6.42 Å². The van der Waals surface area contributed by atoms with Crippen LogP contribution >= 0.6 is 11.8 Å². The highest BCUT2D eigenvalue weighted by molar-refractivity contribution is 8.00. The van der Waals surface area contributed by atoms with E-state index >= 15 is 0 Å². The molecule has 1 saturated heterocycles. The number of ether oxygens (including phenoxy) is 1. The average molecular weight is 298 g/mol. The average Bonchev–Trinajstić information content (AvgIpc) is 2.71. The van der Waals surface area contributed by atoms with Crippen LogP contribution in [0.15, 0.2) is 0 Å². The summed E-state index contributed by atoms with van der Waals surface area (Å²) in [7, 11) is 0. The monoisotopic (exact) mass is 298 g/mol. The molecule has 3 rings (SSSR count). The Labute approximate surface area is 123 Å². The topological polar surface area (TPSA) is 58.6 Å². The molecule has 2 atom stereocenters. The fourth-order valence-electron chi connectivity index (χ4n) is 3.59. The van der Waals surface area contributed by atoms with E-state index in [1.807, 2.05) is 6.92 Å². The molecule has 1 aliphatic heterocycles. The smallest absolute Gasteiger partial charge is 0.239 e. The second kappa shape index (κ2) is 5.56. The summed E-state index contributed by atoms with van der Waals surface area (Å²) < 4.78 is 5.78. The van der Waals surface area contributed by atoms with Gasteiger partial charge >= 0.3 is 0 Å². The Kier molecular flexibility index (Phi) is 3.95. The molecule has 5 nitrogen and oxygen atoms in total. The van der Waals surface area contributed by atoms with Gasteiger partial charge in [-0.1, -0.05) is 6.42 Å². The minimum absolute atomic E-state index is 0.0212. The predicted octanol–water partition coefficient (Wildman–Crippen LogP) is 0.983. The maximum Gasteiger partial charge on any atom is 0.239 e. The zero-order valence-electron chi connectivity index (χ0n) is 11.9. The zero-order valence-corrected chi connectivity index (χ0v) is 12.7. The van der Waals surface area contributed by atoms with Crippen molar-refractivity contribution in [3.05, 3.63) is 0 Å². The molecular weight excluding hydrogens is 276 g/mol. The molecule has 1 spiro atoms. The highest BCUT2D eigenvalue weighted by atomic mass is 32.2. The lowest BCUT2D eigenvalue weighted by atomic mass is 9.51. The van der Waals surface area contributed by atoms with Crippen molar-refractivity contribution < 1.29 is 14.3 Å². The molecular formula is C14H22N2O3S. The largest absolute Gasteiger partial charge is 0.378 e. The maximum absolute atomic E-state index is 12.1. The molecule has 2 aliphatic carbocycles. The van der Waals surface area contributed by atoms with Crippen LogP contribution < -0.4 is 5.32 Å². The number of hydrogen-bond acceptors (Lipinski definition) is 4. The van der Waals surface area contributed by atoms with E-state index in [4.69, 9.17) is 4.74 Å². The SMILES string of the molecule is CCOC1CC(NC(=O)CN2CSCC2=O)C12CCC2. The van der Waals surface area contributed by atoms with Gasteiger partial charge in [-0.3, -0.25) is 9.59 Å². The van der Waals surface area contributed by atoms with Gasteiger partial charge < -0.3 is 15.0 Å². The van der Waals surface area contributed by atoms with E-state index in [-0.39, 0.29) is 29.8 Å². The standard InChI is InChI=1S/C14H22N2O3S/c1-2-19-11-6-10(14(11)4-3-5-14)15-12(17)7-16-9-20-8-13(16)18/h10-11H,2-9H2,1H3,(H,15,17). The molecule has 0 aromatic heterocycles. The Bertz CT molecular complexity index is 411. The van der Waals surface area contributed by atoms with Gasteiger partial charge in [-0.25, -0.2) is 0 Å². The molecule has 0 bridgehead atoms. The van der Waals surface area contributed by atoms with Gasteiger partial charge in [-0.05, 0) is 26.2 Å². The van der Waals surface area contributed by atoms with Crippen molar-refractivity contribution >= 4 is 23.6 Å². The number of nitrogens with zero attached hydrogens (tertiary/aromatic N) is 1. The summed E-state index contributed by atoms with van der Waals surface area (Å²) in [4.78, 5) is 25.2. The van der Waals surface area contributed by atoms with Crippen molar-refractivity contribution in [2.24, 2.45) is 5.41 Å². The second-order valence-electron chi connectivity index (χ2n) is 5.96. The lowest BCUT2D eigenvalue weighted by molar-refractivity contribution is -0.176. The van der Waals surface area contributed by atoms with Crippen LogP contribution in [0.25, 0.3) is 0 Å². The van der Waals surface area contributed by atoms with E-state index < -0.39 is 0 Å². The first-order valence-electron chi connectivity index (χ1n) is 7.42. The first-order chi connectivity index (χ1) is 9.65. The fourth-order valence-corrected chi connectivity index (χ4v) is 4.50. The zero-order chi connectivity index (χ0) is 14.2. The number of thioether (sulfide) groups is 1. The molecule has 0 radical (unpaired) electrons. The van der Waals surface area contributed by atoms with Gasteiger partial charge in [0.25, 0.3) is 0 Å². The number of carbonyl (C=O) groups excluding carboxylic acids is 2. The Balaban J connectivity index is 1.51. The van der Waals surface area contributed by atoms with Crippen LogP contribution in [0.3, 0.4) is 0 Å². The third-order valence-electron chi connectivity index (χ3n) is 4.93. The normalized spacial score (nSPS) is 31.1. The third kappa shape index (κ3) is 2.33. The molecule has 0 aromatic rings. The first kappa shape index (κ1) is 14.2. The first-order valence-corrected chi connectivity index (χ1v) is 8.57. The van der Waals surface area contributed by atoms with Crippen molar-refractivity contribution in [1.82, 2.24) is 10.2 Å². The molecule has 2 unspecified atom stereocenters. The van der Waals surface area contributed by atoms with Gasteiger partial charge in [0.2, 0.25) is 11.8 Å². The molecule has 2 amide bonds. The lowest BCUT2D eigenvalue weighted by Gasteiger charge is -2.61. The summed E-state index contributed by atoms with van der Waals surface area (Å²) in [5.41, 5.74) is 0.190.